The predicted molar refractivity (Wildman–Crippen MR) is 103 cm³/mol. The zero-order chi connectivity index (χ0) is 17.4. The lowest BCUT2D eigenvalue weighted by atomic mass is 9.59. The monoisotopic (exact) mass is 300 g/mol. The molecule has 124 valence electrons. The second-order valence-electron chi connectivity index (χ2n) is 7.55. The highest BCUT2D eigenvalue weighted by Gasteiger charge is 2.41. The summed E-state index contributed by atoms with van der Waals surface area (Å²) in [5, 5.41) is 0. The van der Waals surface area contributed by atoms with Crippen LogP contribution in [0.4, 0.5) is 0 Å². The van der Waals surface area contributed by atoms with Crippen molar-refractivity contribution in [2.45, 2.75) is 61.3 Å². The van der Waals surface area contributed by atoms with Gasteiger partial charge in [0.2, 0.25) is 0 Å². The molecule has 0 heteroatoms. The minimum absolute atomic E-state index is 0.00792. The first kappa shape index (κ1) is 20.7. The van der Waals surface area contributed by atoms with E-state index in [1.54, 1.807) is 0 Å². The SMILES string of the molecule is C=C/C=C\C(=C)C(CC(C)(C)C)(/C(=C/C=C\C)CC)C(C)C. The molecule has 0 amide bonds. The smallest absolute Gasteiger partial charge is 0.0186 e. The van der Waals surface area contributed by atoms with Crippen molar-refractivity contribution in [1.29, 1.82) is 0 Å². The Hall–Kier alpha value is -1.30. The molecular formula is C22H36. The van der Waals surface area contributed by atoms with Gasteiger partial charge in [0, 0.05) is 5.41 Å². The van der Waals surface area contributed by atoms with Crippen molar-refractivity contribution >= 4 is 0 Å². The molecule has 0 aromatic carbocycles. The summed E-state index contributed by atoms with van der Waals surface area (Å²) in [5.74, 6) is 0.491. The summed E-state index contributed by atoms with van der Waals surface area (Å²) >= 11 is 0. The lowest BCUT2D eigenvalue weighted by Gasteiger charge is -2.45. The molecule has 0 rings (SSSR count). The van der Waals surface area contributed by atoms with Crippen LogP contribution in [0.3, 0.4) is 0 Å². The zero-order valence-corrected chi connectivity index (χ0v) is 15.9. The minimum atomic E-state index is -0.00792. The normalized spacial score (nSPS) is 16.5. The van der Waals surface area contributed by atoms with Crippen molar-refractivity contribution in [3.05, 3.63) is 60.8 Å². The highest BCUT2D eigenvalue weighted by Crippen LogP contribution is 2.51. The van der Waals surface area contributed by atoms with E-state index in [0.717, 1.165) is 12.8 Å². The summed E-state index contributed by atoms with van der Waals surface area (Å²) in [6.07, 6.45) is 14.6. The Balaban J connectivity index is 6.24. The van der Waals surface area contributed by atoms with Crippen LogP contribution in [0.15, 0.2) is 60.8 Å². The van der Waals surface area contributed by atoms with Gasteiger partial charge in [0.15, 0.2) is 0 Å². The van der Waals surface area contributed by atoms with Gasteiger partial charge in [-0.3, -0.25) is 0 Å². The van der Waals surface area contributed by atoms with Crippen LogP contribution >= 0.6 is 0 Å². The second-order valence-corrected chi connectivity index (χ2v) is 7.55. The van der Waals surface area contributed by atoms with Crippen LogP contribution in [0.1, 0.15) is 61.3 Å². The third kappa shape index (κ3) is 5.48. The first-order valence-electron chi connectivity index (χ1n) is 8.46. The topological polar surface area (TPSA) is 0 Å². The molecule has 0 saturated heterocycles. The van der Waals surface area contributed by atoms with Gasteiger partial charge in [-0.25, -0.2) is 0 Å². The van der Waals surface area contributed by atoms with Crippen LogP contribution in [0, 0.1) is 16.7 Å². The largest absolute Gasteiger partial charge is 0.0991 e. The van der Waals surface area contributed by atoms with E-state index in [-0.39, 0.29) is 10.8 Å². The second kappa shape index (κ2) is 8.98. The lowest BCUT2D eigenvalue weighted by molar-refractivity contribution is 0.189. The predicted octanol–water partition coefficient (Wildman–Crippen LogP) is 7.28. The van der Waals surface area contributed by atoms with Crippen LogP contribution in [0.5, 0.6) is 0 Å². The summed E-state index contributed by atoms with van der Waals surface area (Å²) in [5.41, 5.74) is 2.88. The average molecular weight is 301 g/mol. The quantitative estimate of drug-likeness (QED) is 0.413. The zero-order valence-electron chi connectivity index (χ0n) is 15.9. The maximum atomic E-state index is 4.45. The Labute approximate surface area is 139 Å². The molecule has 0 aromatic rings. The van der Waals surface area contributed by atoms with Crippen molar-refractivity contribution in [2.75, 3.05) is 0 Å². The molecule has 0 fully saturated rings. The Morgan fingerprint density at radius 2 is 1.73 bits per heavy atom. The molecule has 0 aliphatic rings. The van der Waals surface area contributed by atoms with Gasteiger partial charge in [0.1, 0.15) is 0 Å². The highest BCUT2D eigenvalue weighted by molar-refractivity contribution is 5.38. The van der Waals surface area contributed by atoms with E-state index < -0.39 is 0 Å². The van der Waals surface area contributed by atoms with Gasteiger partial charge in [-0.1, -0.05) is 96.7 Å². The third-order valence-corrected chi connectivity index (χ3v) is 4.25. The van der Waals surface area contributed by atoms with Crippen LogP contribution < -0.4 is 0 Å². The van der Waals surface area contributed by atoms with E-state index in [4.69, 9.17) is 0 Å². The highest BCUT2D eigenvalue weighted by atomic mass is 14.4. The molecule has 0 heterocycles. The Morgan fingerprint density at radius 3 is 2.09 bits per heavy atom. The maximum Gasteiger partial charge on any atom is 0.0186 e. The number of rotatable bonds is 8. The van der Waals surface area contributed by atoms with Gasteiger partial charge in [0.05, 0.1) is 0 Å². The van der Waals surface area contributed by atoms with Gasteiger partial charge in [-0.05, 0) is 36.7 Å². The van der Waals surface area contributed by atoms with Gasteiger partial charge >= 0.3 is 0 Å². The molecule has 1 unspecified atom stereocenters. The van der Waals surface area contributed by atoms with E-state index >= 15 is 0 Å². The van der Waals surface area contributed by atoms with E-state index in [2.05, 4.69) is 85.9 Å². The van der Waals surface area contributed by atoms with E-state index in [1.165, 1.54) is 11.1 Å². The third-order valence-electron chi connectivity index (χ3n) is 4.25. The standard InChI is InChI=1S/C22H36/c1-10-13-15-19(6)22(18(4)5,17-21(7,8)9)20(12-3)16-14-11-2/h10-11,13-16,18H,1,6,12,17H2,2-5,7-9H3/b14-11-,15-13-,20-16+. The minimum Gasteiger partial charge on any atom is -0.0991 e. The first-order chi connectivity index (χ1) is 10.2. The lowest BCUT2D eigenvalue weighted by Crippen LogP contribution is -2.35. The Kier molecular flexibility index (Phi) is 8.45. The molecule has 0 aliphatic heterocycles. The molecule has 22 heavy (non-hydrogen) atoms. The summed E-state index contributed by atoms with van der Waals surface area (Å²) in [6.45, 7) is 24.1. The summed E-state index contributed by atoms with van der Waals surface area (Å²) in [6, 6.07) is 0. The molecule has 1 atom stereocenters. The molecule has 0 saturated carbocycles. The van der Waals surface area contributed by atoms with Crippen molar-refractivity contribution in [3.63, 3.8) is 0 Å². The fraction of sp³-hybridized carbons (Fsp3) is 0.545. The molecule has 0 aliphatic carbocycles. The van der Waals surface area contributed by atoms with Crippen molar-refractivity contribution in [2.24, 2.45) is 16.7 Å². The van der Waals surface area contributed by atoms with Crippen molar-refractivity contribution in [1.82, 2.24) is 0 Å². The van der Waals surface area contributed by atoms with Gasteiger partial charge in [-0.15, -0.1) is 0 Å². The van der Waals surface area contributed by atoms with Gasteiger partial charge < -0.3 is 0 Å². The molecule has 0 radical (unpaired) electrons. The van der Waals surface area contributed by atoms with Crippen molar-refractivity contribution in [3.8, 4) is 0 Å². The fourth-order valence-electron chi connectivity index (χ4n) is 3.34. The summed E-state index contributed by atoms with van der Waals surface area (Å²) < 4.78 is 0. The van der Waals surface area contributed by atoms with E-state index in [0.29, 0.717) is 5.92 Å². The Morgan fingerprint density at radius 1 is 1.14 bits per heavy atom. The number of allylic oxidation sites excluding steroid dienone is 8. The number of hydrogen-bond acceptors (Lipinski definition) is 0. The molecular weight excluding hydrogens is 264 g/mol. The first-order valence-corrected chi connectivity index (χ1v) is 8.46. The Bertz CT molecular complexity index is 449. The number of hydrogen-bond donors (Lipinski definition) is 0. The molecule has 0 nitrogen and oxygen atoms in total. The summed E-state index contributed by atoms with van der Waals surface area (Å²) in [7, 11) is 0. The van der Waals surface area contributed by atoms with E-state index in [1.807, 2.05) is 12.2 Å². The molecule has 0 N–H and O–H groups in total. The van der Waals surface area contributed by atoms with Crippen LogP contribution in [0.25, 0.3) is 0 Å². The van der Waals surface area contributed by atoms with Crippen LogP contribution in [0.2, 0.25) is 0 Å². The van der Waals surface area contributed by atoms with Crippen LogP contribution in [-0.4, -0.2) is 0 Å². The average Bonchev–Trinajstić information content (AvgIpc) is 2.42. The summed E-state index contributed by atoms with van der Waals surface area (Å²) in [4.78, 5) is 0. The molecule has 0 bridgehead atoms. The fourth-order valence-corrected chi connectivity index (χ4v) is 3.34. The van der Waals surface area contributed by atoms with E-state index in [9.17, 15) is 0 Å². The van der Waals surface area contributed by atoms with Crippen LogP contribution in [-0.2, 0) is 0 Å². The van der Waals surface area contributed by atoms with Gasteiger partial charge in [-0.2, -0.15) is 0 Å². The maximum absolute atomic E-state index is 4.45. The molecule has 0 aromatic heterocycles. The molecule has 0 spiro atoms. The van der Waals surface area contributed by atoms with Gasteiger partial charge in [0.25, 0.3) is 0 Å². The van der Waals surface area contributed by atoms with Crippen molar-refractivity contribution < 1.29 is 0 Å².